The second-order valence-corrected chi connectivity index (χ2v) is 5.12. The Hall–Kier alpha value is -0.960. The molecule has 0 aliphatic carbocycles. The van der Waals surface area contributed by atoms with E-state index in [0.717, 1.165) is 19.6 Å². The number of benzene rings is 1. The van der Waals surface area contributed by atoms with E-state index in [1.807, 2.05) is 0 Å². The summed E-state index contributed by atoms with van der Waals surface area (Å²) in [6, 6.07) is 6.26. The molecule has 1 aromatic rings. The average molecular weight is 328 g/mol. The summed E-state index contributed by atoms with van der Waals surface area (Å²) in [5.74, 6) is -0.365. The van der Waals surface area contributed by atoms with Crippen LogP contribution in [0.15, 0.2) is 22.7 Å². The van der Waals surface area contributed by atoms with E-state index in [9.17, 15) is 4.39 Å². The summed E-state index contributed by atoms with van der Waals surface area (Å²) in [4.78, 5) is 2.25. The number of nitrogens with one attached hydrogen (secondary N) is 1. The van der Waals surface area contributed by atoms with Gasteiger partial charge < -0.3 is 4.90 Å². The minimum absolute atomic E-state index is 0.365. The maximum absolute atomic E-state index is 13.8. The molecule has 1 aromatic carbocycles. The van der Waals surface area contributed by atoms with Gasteiger partial charge in [0.25, 0.3) is 0 Å². The number of hydrogen-bond acceptors (Lipinski definition) is 3. The molecule has 0 spiro atoms. The van der Waals surface area contributed by atoms with E-state index in [-0.39, 0.29) is 5.82 Å². The zero-order valence-electron chi connectivity index (χ0n) is 11.3. The van der Waals surface area contributed by atoms with Gasteiger partial charge in [0.05, 0.1) is 6.07 Å². The first-order chi connectivity index (χ1) is 9.12. The first kappa shape index (κ1) is 16.1. The van der Waals surface area contributed by atoms with Crippen LogP contribution in [0.3, 0.4) is 0 Å². The highest BCUT2D eigenvalue weighted by atomic mass is 79.9. The fourth-order valence-corrected chi connectivity index (χ4v) is 2.20. The van der Waals surface area contributed by atoms with E-state index in [1.54, 1.807) is 12.1 Å². The van der Waals surface area contributed by atoms with Gasteiger partial charge in [0.1, 0.15) is 11.9 Å². The van der Waals surface area contributed by atoms with E-state index in [2.05, 4.69) is 46.1 Å². The van der Waals surface area contributed by atoms with E-state index >= 15 is 0 Å². The SMILES string of the molecule is CCN(CC)CCNC(C#N)c1ccc(Br)cc1F. The zero-order chi connectivity index (χ0) is 14.3. The van der Waals surface area contributed by atoms with Gasteiger partial charge >= 0.3 is 0 Å². The lowest BCUT2D eigenvalue weighted by atomic mass is 10.1. The van der Waals surface area contributed by atoms with Gasteiger partial charge in [-0.15, -0.1) is 0 Å². The van der Waals surface area contributed by atoms with Crippen LogP contribution < -0.4 is 5.32 Å². The van der Waals surface area contributed by atoms with Crippen molar-refractivity contribution in [3.63, 3.8) is 0 Å². The van der Waals surface area contributed by atoms with E-state index < -0.39 is 6.04 Å². The Bertz CT molecular complexity index is 441. The molecule has 0 saturated carbocycles. The molecule has 1 unspecified atom stereocenters. The molecule has 0 saturated heterocycles. The molecule has 0 aromatic heterocycles. The molecular formula is C14H19BrFN3. The lowest BCUT2D eigenvalue weighted by Gasteiger charge is -2.19. The molecular weight excluding hydrogens is 309 g/mol. The molecule has 0 bridgehead atoms. The first-order valence-corrected chi connectivity index (χ1v) is 7.22. The molecule has 0 heterocycles. The van der Waals surface area contributed by atoms with Crippen molar-refractivity contribution in [2.45, 2.75) is 19.9 Å². The van der Waals surface area contributed by atoms with Crippen LogP contribution in [-0.4, -0.2) is 31.1 Å². The van der Waals surface area contributed by atoms with Gasteiger partial charge in [0.15, 0.2) is 0 Å². The molecule has 0 aliphatic rings. The first-order valence-electron chi connectivity index (χ1n) is 6.42. The molecule has 0 fully saturated rings. The quantitative estimate of drug-likeness (QED) is 0.836. The third-order valence-electron chi connectivity index (χ3n) is 3.07. The highest BCUT2D eigenvalue weighted by Crippen LogP contribution is 2.20. The molecule has 0 aliphatic heterocycles. The van der Waals surface area contributed by atoms with Crippen LogP contribution >= 0.6 is 15.9 Å². The molecule has 1 N–H and O–H groups in total. The van der Waals surface area contributed by atoms with Gasteiger partial charge in [-0.3, -0.25) is 5.32 Å². The number of likely N-dealkylation sites (N-methyl/N-ethyl adjacent to an activating group) is 1. The topological polar surface area (TPSA) is 39.1 Å². The highest BCUT2D eigenvalue weighted by molar-refractivity contribution is 9.10. The van der Waals surface area contributed by atoms with E-state index in [1.165, 1.54) is 6.07 Å². The largest absolute Gasteiger partial charge is 0.303 e. The van der Waals surface area contributed by atoms with Crippen molar-refractivity contribution in [3.05, 3.63) is 34.1 Å². The van der Waals surface area contributed by atoms with Crippen molar-refractivity contribution < 1.29 is 4.39 Å². The second-order valence-electron chi connectivity index (χ2n) is 4.21. The fraction of sp³-hybridized carbons (Fsp3) is 0.500. The van der Waals surface area contributed by atoms with Gasteiger partial charge in [-0.2, -0.15) is 5.26 Å². The number of halogens is 2. The van der Waals surface area contributed by atoms with E-state index in [4.69, 9.17) is 5.26 Å². The van der Waals surface area contributed by atoms with Gasteiger partial charge in [0, 0.05) is 23.1 Å². The maximum atomic E-state index is 13.8. The molecule has 1 rings (SSSR count). The van der Waals surface area contributed by atoms with Crippen LogP contribution in [0.2, 0.25) is 0 Å². The molecule has 0 radical (unpaired) electrons. The van der Waals surface area contributed by atoms with Gasteiger partial charge in [-0.25, -0.2) is 4.39 Å². The minimum atomic E-state index is -0.608. The summed E-state index contributed by atoms with van der Waals surface area (Å²) in [5.41, 5.74) is 0.394. The Morgan fingerprint density at radius 1 is 1.42 bits per heavy atom. The predicted molar refractivity (Wildman–Crippen MR) is 78.2 cm³/mol. The smallest absolute Gasteiger partial charge is 0.130 e. The molecule has 1 atom stereocenters. The van der Waals surface area contributed by atoms with Crippen LogP contribution in [0, 0.1) is 17.1 Å². The standard InChI is InChI=1S/C14H19BrFN3/c1-3-19(4-2)8-7-18-14(10-17)12-6-5-11(15)9-13(12)16/h5-6,9,14,18H,3-4,7-8H2,1-2H3. The van der Waals surface area contributed by atoms with Crippen molar-refractivity contribution in [1.82, 2.24) is 10.2 Å². The summed E-state index contributed by atoms with van der Waals surface area (Å²) in [7, 11) is 0. The van der Waals surface area contributed by atoms with Crippen molar-refractivity contribution in [3.8, 4) is 6.07 Å². The molecule has 19 heavy (non-hydrogen) atoms. The molecule has 0 amide bonds. The zero-order valence-corrected chi connectivity index (χ0v) is 12.9. The number of hydrogen-bond donors (Lipinski definition) is 1. The normalized spacial score (nSPS) is 12.4. The van der Waals surface area contributed by atoms with Crippen molar-refractivity contribution in [2.75, 3.05) is 26.2 Å². The number of rotatable bonds is 7. The average Bonchev–Trinajstić information content (AvgIpc) is 2.40. The highest BCUT2D eigenvalue weighted by Gasteiger charge is 2.14. The molecule has 104 valence electrons. The van der Waals surface area contributed by atoms with Crippen LogP contribution in [0.5, 0.6) is 0 Å². The third kappa shape index (κ3) is 4.90. The van der Waals surface area contributed by atoms with Gasteiger partial charge in [-0.1, -0.05) is 35.8 Å². The molecule has 3 nitrogen and oxygen atoms in total. The second kappa shape index (κ2) is 8.26. The van der Waals surface area contributed by atoms with Crippen LogP contribution in [0.25, 0.3) is 0 Å². The number of nitriles is 1. The Morgan fingerprint density at radius 2 is 2.11 bits per heavy atom. The van der Waals surface area contributed by atoms with Crippen molar-refractivity contribution in [1.29, 1.82) is 5.26 Å². The minimum Gasteiger partial charge on any atom is -0.303 e. The Labute approximate surface area is 122 Å². The summed E-state index contributed by atoms with van der Waals surface area (Å²) in [6.45, 7) is 7.65. The molecule has 5 heteroatoms. The Kier molecular flexibility index (Phi) is 7.00. The monoisotopic (exact) mass is 327 g/mol. The Morgan fingerprint density at radius 3 is 2.63 bits per heavy atom. The maximum Gasteiger partial charge on any atom is 0.130 e. The van der Waals surface area contributed by atoms with Gasteiger partial charge in [-0.05, 0) is 25.2 Å². The summed E-state index contributed by atoms with van der Waals surface area (Å²) >= 11 is 3.21. The fourth-order valence-electron chi connectivity index (χ4n) is 1.87. The summed E-state index contributed by atoms with van der Waals surface area (Å²) < 4.78 is 14.4. The summed E-state index contributed by atoms with van der Waals surface area (Å²) in [5, 5.41) is 12.2. The van der Waals surface area contributed by atoms with Gasteiger partial charge in [0.2, 0.25) is 0 Å². The number of nitrogens with zero attached hydrogens (tertiary/aromatic N) is 2. The van der Waals surface area contributed by atoms with Crippen molar-refractivity contribution >= 4 is 15.9 Å². The predicted octanol–water partition coefficient (Wildman–Crippen LogP) is 3.08. The van der Waals surface area contributed by atoms with Crippen LogP contribution in [0.4, 0.5) is 4.39 Å². The van der Waals surface area contributed by atoms with E-state index in [0.29, 0.717) is 16.6 Å². The lowest BCUT2D eigenvalue weighted by molar-refractivity contribution is 0.300. The van der Waals surface area contributed by atoms with Crippen LogP contribution in [0.1, 0.15) is 25.5 Å². The summed E-state index contributed by atoms with van der Waals surface area (Å²) in [6.07, 6.45) is 0. The Balaban J connectivity index is 2.61. The lowest BCUT2D eigenvalue weighted by Crippen LogP contribution is -2.33. The third-order valence-corrected chi connectivity index (χ3v) is 3.57. The van der Waals surface area contributed by atoms with Crippen LogP contribution in [-0.2, 0) is 0 Å². The van der Waals surface area contributed by atoms with Crippen molar-refractivity contribution in [2.24, 2.45) is 0 Å².